The monoisotopic (exact) mass is 346 g/mol. The van der Waals surface area contributed by atoms with Crippen molar-refractivity contribution in [3.8, 4) is 5.75 Å². The lowest BCUT2D eigenvalue weighted by atomic mass is 10.1. The van der Waals surface area contributed by atoms with Crippen molar-refractivity contribution < 1.29 is 9.53 Å². The molecule has 4 nitrogen and oxygen atoms in total. The standard InChI is InChI=1S/C16H15BrN2O2/c1-21-15-8-4-12(5-9-15)10-16(20)19-18-11-13-2-6-14(17)7-3-13/h2-9,11H,10H2,1H3,(H,19,20). The van der Waals surface area contributed by atoms with E-state index in [1.807, 2.05) is 48.5 Å². The summed E-state index contributed by atoms with van der Waals surface area (Å²) in [6.07, 6.45) is 1.89. The van der Waals surface area contributed by atoms with Crippen LogP contribution in [0.5, 0.6) is 5.75 Å². The van der Waals surface area contributed by atoms with E-state index in [-0.39, 0.29) is 12.3 Å². The lowest BCUT2D eigenvalue weighted by Gasteiger charge is -2.02. The number of ether oxygens (including phenoxy) is 1. The fraction of sp³-hybridized carbons (Fsp3) is 0.125. The van der Waals surface area contributed by atoms with Crippen molar-refractivity contribution in [2.45, 2.75) is 6.42 Å². The number of nitrogens with one attached hydrogen (secondary N) is 1. The first-order chi connectivity index (χ1) is 10.2. The highest BCUT2D eigenvalue weighted by Crippen LogP contribution is 2.11. The van der Waals surface area contributed by atoms with Gasteiger partial charge in [-0.1, -0.05) is 40.2 Å². The van der Waals surface area contributed by atoms with Gasteiger partial charge in [-0.25, -0.2) is 5.43 Å². The summed E-state index contributed by atoms with van der Waals surface area (Å²) in [4.78, 5) is 11.7. The van der Waals surface area contributed by atoms with Crippen molar-refractivity contribution in [3.63, 3.8) is 0 Å². The minimum Gasteiger partial charge on any atom is -0.497 e. The van der Waals surface area contributed by atoms with Crippen LogP contribution in [0.1, 0.15) is 11.1 Å². The van der Waals surface area contributed by atoms with Crippen LogP contribution in [0.2, 0.25) is 0 Å². The van der Waals surface area contributed by atoms with Crippen LogP contribution in [0, 0.1) is 0 Å². The third-order valence-electron chi connectivity index (χ3n) is 2.80. The van der Waals surface area contributed by atoms with Gasteiger partial charge in [0.1, 0.15) is 5.75 Å². The van der Waals surface area contributed by atoms with Crippen LogP contribution in [0.25, 0.3) is 0 Å². The Labute approximate surface area is 132 Å². The second-order valence-electron chi connectivity index (χ2n) is 4.37. The molecule has 5 heteroatoms. The van der Waals surface area contributed by atoms with Gasteiger partial charge in [0.25, 0.3) is 0 Å². The molecule has 0 aliphatic rings. The van der Waals surface area contributed by atoms with Gasteiger partial charge in [0.2, 0.25) is 5.91 Å². The molecule has 2 rings (SSSR count). The third kappa shape index (κ3) is 5.04. The molecule has 0 bridgehead atoms. The van der Waals surface area contributed by atoms with Crippen LogP contribution in [-0.4, -0.2) is 19.2 Å². The van der Waals surface area contributed by atoms with Crippen molar-refractivity contribution in [1.29, 1.82) is 0 Å². The molecule has 0 heterocycles. The van der Waals surface area contributed by atoms with E-state index in [4.69, 9.17) is 4.74 Å². The first kappa shape index (κ1) is 15.3. The number of halogens is 1. The van der Waals surface area contributed by atoms with Gasteiger partial charge in [0.05, 0.1) is 19.7 Å². The molecule has 1 amide bonds. The molecule has 0 saturated carbocycles. The second-order valence-corrected chi connectivity index (χ2v) is 5.29. The van der Waals surface area contributed by atoms with Crippen molar-refractivity contribution in [3.05, 3.63) is 64.1 Å². The van der Waals surface area contributed by atoms with E-state index in [9.17, 15) is 4.79 Å². The minimum atomic E-state index is -0.159. The summed E-state index contributed by atoms with van der Waals surface area (Å²) in [5.74, 6) is 0.612. The third-order valence-corrected chi connectivity index (χ3v) is 3.33. The number of methoxy groups -OCH3 is 1. The van der Waals surface area contributed by atoms with Crippen LogP contribution >= 0.6 is 15.9 Å². The number of carbonyl (C=O) groups is 1. The maximum atomic E-state index is 11.7. The molecule has 0 fully saturated rings. The molecule has 108 valence electrons. The topological polar surface area (TPSA) is 50.7 Å². The Hall–Kier alpha value is -2.14. The Morgan fingerprint density at radius 3 is 2.48 bits per heavy atom. The minimum absolute atomic E-state index is 0.159. The van der Waals surface area contributed by atoms with Gasteiger partial charge in [0.15, 0.2) is 0 Å². The quantitative estimate of drug-likeness (QED) is 0.667. The van der Waals surface area contributed by atoms with E-state index in [0.717, 1.165) is 21.3 Å². The molecule has 0 saturated heterocycles. The van der Waals surface area contributed by atoms with Crippen molar-refractivity contribution >= 4 is 28.1 Å². The molecule has 21 heavy (non-hydrogen) atoms. The number of hydrogen-bond donors (Lipinski definition) is 1. The van der Waals surface area contributed by atoms with Crippen molar-refractivity contribution in [2.75, 3.05) is 7.11 Å². The molecule has 0 spiro atoms. The second kappa shape index (κ2) is 7.59. The molecule has 2 aromatic rings. The zero-order chi connectivity index (χ0) is 15.1. The smallest absolute Gasteiger partial charge is 0.244 e. The number of rotatable bonds is 5. The van der Waals surface area contributed by atoms with E-state index in [1.54, 1.807) is 13.3 Å². The summed E-state index contributed by atoms with van der Waals surface area (Å²) >= 11 is 3.36. The van der Waals surface area contributed by atoms with E-state index < -0.39 is 0 Å². The lowest BCUT2D eigenvalue weighted by molar-refractivity contribution is -0.120. The van der Waals surface area contributed by atoms with E-state index in [2.05, 4.69) is 26.5 Å². The highest BCUT2D eigenvalue weighted by molar-refractivity contribution is 9.10. The van der Waals surface area contributed by atoms with Crippen molar-refractivity contribution in [1.82, 2.24) is 5.43 Å². The van der Waals surface area contributed by atoms with E-state index in [1.165, 1.54) is 0 Å². The van der Waals surface area contributed by atoms with Crippen LogP contribution in [0.15, 0.2) is 58.1 Å². The van der Waals surface area contributed by atoms with Gasteiger partial charge in [-0.15, -0.1) is 0 Å². The maximum absolute atomic E-state index is 11.7. The average molecular weight is 347 g/mol. The molecular weight excluding hydrogens is 332 g/mol. The number of carbonyl (C=O) groups excluding carboxylic acids is 1. The molecule has 0 aliphatic heterocycles. The summed E-state index contributed by atoms with van der Waals surface area (Å²) in [7, 11) is 1.61. The first-order valence-electron chi connectivity index (χ1n) is 6.38. The van der Waals surface area contributed by atoms with Crippen molar-refractivity contribution in [2.24, 2.45) is 5.10 Å². The Bertz CT molecular complexity index is 622. The van der Waals surface area contributed by atoms with Gasteiger partial charge in [-0.05, 0) is 35.4 Å². The average Bonchev–Trinajstić information content (AvgIpc) is 2.50. The fourth-order valence-electron chi connectivity index (χ4n) is 1.70. The molecule has 0 atom stereocenters. The Balaban J connectivity index is 1.85. The largest absolute Gasteiger partial charge is 0.497 e. The molecule has 2 aromatic carbocycles. The molecule has 0 aromatic heterocycles. The summed E-state index contributed by atoms with van der Waals surface area (Å²) in [5.41, 5.74) is 4.34. The normalized spacial score (nSPS) is 10.6. The summed E-state index contributed by atoms with van der Waals surface area (Å²) in [5, 5.41) is 3.94. The van der Waals surface area contributed by atoms with Gasteiger partial charge in [-0.3, -0.25) is 4.79 Å². The zero-order valence-corrected chi connectivity index (χ0v) is 13.1. The molecule has 0 radical (unpaired) electrons. The number of hydrazone groups is 1. The Kier molecular flexibility index (Phi) is 5.51. The maximum Gasteiger partial charge on any atom is 0.244 e. The predicted molar refractivity (Wildman–Crippen MR) is 86.6 cm³/mol. The Morgan fingerprint density at radius 1 is 1.19 bits per heavy atom. The van der Waals surface area contributed by atoms with Crippen LogP contribution in [0.3, 0.4) is 0 Å². The number of benzene rings is 2. The van der Waals surface area contributed by atoms with Gasteiger partial charge in [0, 0.05) is 4.47 Å². The molecular formula is C16H15BrN2O2. The number of nitrogens with zero attached hydrogens (tertiary/aromatic N) is 1. The predicted octanol–water partition coefficient (Wildman–Crippen LogP) is 3.15. The summed E-state index contributed by atoms with van der Waals surface area (Å²) < 4.78 is 6.07. The van der Waals surface area contributed by atoms with E-state index >= 15 is 0 Å². The van der Waals surface area contributed by atoms with Crippen LogP contribution < -0.4 is 10.2 Å². The summed E-state index contributed by atoms with van der Waals surface area (Å²) in [6.45, 7) is 0. The highest BCUT2D eigenvalue weighted by atomic mass is 79.9. The number of hydrogen-bond acceptors (Lipinski definition) is 3. The SMILES string of the molecule is COc1ccc(CC(=O)NN=Cc2ccc(Br)cc2)cc1. The Morgan fingerprint density at radius 2 is 1.86 bits per heavy atom. The lowest BCUT2D eigenvalue weighted by Crippen LogP contribution is -2.19. The molecule has 0 aliphatic carbocycles. The summed E-state index contributed by atoms with van der Waals surface area (Å²) in [6, 6.07) is 15.0. The number of amides is 1. The highest BCUT2D eigenvalue weighted by Gasteiger charge is 2.02. The van der Waals surface area contributed by atoms with Gasteiger partial charge in [-0.2, -0.15) is 5.10 Å². The zero-order valence-electron chi connectivity index (χ0n) is 11.5. The van der Waals surface area contributed by atoms with Gasteiger partial charge >= 0.3 is 0 Å². The van der Waals surface area contributed by atoms with E-state index in [0.29, 0.717) is 0 Å². The van der Waals surface area contributed by atoms with Gasteiger partial charge < -0.3 is 4.74 Å². The molecule has 1 N–H and O–H groups in total. The van der Waals surface area contributed by atoms with Crippen LogP contribution in [-0.2, 0) is 11.2 Å². The fourth-order valence-corrected chi connectivity index (χ4v) is 1.96. The molecule has 0 unspecified atom stereocenters. The van der Waals surface area contributed by atoms with Crippen LogP contribution in [0.4, 0.5) is 0 Å². The first-order valence-corrected chi connectivity index (χ1v) is 7.17.